The minimum absolute atomic E-state index is 0.181. The Morgan fingerprint density at radius 2 is 2.26 bits per heavy atom. The molecule has 0 spiro atoms. The van der Waals surface area contributed by atoms with Gasteiger partial charge in [0.25, 0.3) is 0 Å². The van der Waals surface area contributed by atoms with Gasteiger partial charge < -0.3 is 25.8 Å². The lowest BCUT2D eigenvalue weighted by Crippen LogP contribution is -2.50. The van der Waals surface area contributed by atoms with Gasteiger partial charge in [-0.1, -0.05) is 0 Å². The average Bonchev–Trinajstić information content (AvgIpc) is 3.05. The number of carbonyl (C=O) groups is 1. The van der Waals surface area contributed by atoms with Crippen LogP contribution in [0, 0.1) is 3.83 Å². The van der Waals surface area contributed by atoms with E-state index < -0.39 is 18.4 Å². The molecule has 10 nitrogen and oxygen atoms in total. The van der Waals surface area contributed by atoms with Crippen LogP contribution in [0.2, 0.25) is 0 Å². The van der Waals surface area contributed by atoms with E-state index in [-0.39, 0.29) is 22.4 Å². The van der Waals surface area contributed by atoms with Crippen molar-refractivity contribution < 1.29 is 19.5 Å². The van der Waals surface area contributed by atoms with Crippen molar-refractivity contribution in [2.45, 2.75) is 24.4 Å². The highest BCUT2D eigenvalue weighted by atomic mass is 127. The summed E-state index contributed by atoms with van der Waals surface area (Å²) in [6, 6.07) is -1.04. The molecule has 11 heteroatoms. The van der Waals surface area contributed by atoms with E-state index in [0.29, 0.717) is 21.5 Å². The van der Waals surface area contributed by atoms with Gasteiger partial charge in [0.05, 0.1) is 6.33 Å². The van der Waals surface area contributed by atoms with Crippen LogP contribution in [0.3, 0.4) is 0 Å². The molecule has 5 N–H and O–H groups in total. The second-order valence-electron chi connectivity index (χ2n) is 5.83. The van der Waals surface area contributed by atoms with Crippen molar-refractivity contribution in [1.29, 1.82) is 0 Å². The van der Waals surface area contributed by atoms with Gasteiger partial charge in [-0.25, -0.2) is 19.7 Å². The van der Waals surface area contributed by atoms with Crippen LogP contribution in [0.4, 0.5) is 10.6 Å². The topological polar surface area (TPSA) is 139 Å². The third kappa shape index (κ3) is 1.78. The number of nitrogens with zero attached hydrogens (tertiary/aromatic N) is 5. The number of amides is 2. The van der Waals surface area contributed by atoms with Crippen LogP contribution in [0.1, 0.15) is 6.04 Å². The summed E-state index contributed by atoms with van der Waals surface area (Å²) in [6.45, 7) is 0.458. The van der Waals surface area contributed by atoms with E-state index in [1.165, 1.54) is 13.4 Å². The Kier molecular flexibility index (Phi) is 3.07. The second-order valence-corrected chi connectivity index (χ2v) is 6.80. The van der Waals surface area contributed by atoms with Crippen LogP contribution in [-0.4, -0.2) is 72.2 Å². The molecule has 5 atom stereocenters. The predicted octanol–water partition coefficient (Wildman–Crippen LogP) is -1.21. The number of nitrogen functional groups attached to an aromatic ring is 1. The fraction of sp³-hybridized carbons (Fsp3) is 0.500. The normalized spacial score (nSPS) is 35.3. The second kappa shape index (κ2) is 4.72. The van der Waals surface area contributed by atoms with Crippen LogP contribution in [0.15, 0.2) is 6.33 Å². The number of rotatable bonds is 1. The maximum absolute atomic E-state index is 12.1. The zero-order valence-electron chi connectivity index (χ0n) is 12.1. The van der Waals surface area contributed by atoms with Crippen molar-refractivity contribution in [3.63, 3.8) is 0 Å². The fourth-order valence-corrected chi connectivity index (χ4v) is 4.15. The van der Waals surface area contributed by atoms with Gasteiger partial charge in [0.15, 0.2) is 27.4 Å². The molecule has 0 aromatic carbocycles. The molecule has 2 amide bonds. The summed E-state index contributed by atoms with van der Waals surface area (Å²) in [4.78, 5) is 24.7. The Balaban J connectivity index is 1.82. The molecule has 2 aliphatic heterocycles. The third-order valence-corrected chi connectivity index (χ3v) is 5.29. The highest BCUT2D eigenvalue weighted by Gasteiger charge is 2.78. The summed E-state index contributed by atoms with van der Waals surface area (Å²) in [7, 11) is 1.51. The number of urea groups is 1. The van der Waals surface area contributed by atoms with E-state index in [1.54, 1.807) is 4.57 Å². The Morgan fingerprint density at radius 3 is 2.96 bits per heavy atom. The minimum atomic E-state index is -1.18. The molecular formula is C12H15IN7O3+. The summed E-state index contributed by atoms with van der Waals surface area (Å²) in [5.41, 5.74) is 6.79. The number of fused-ring (bicyclic) bond motifs is 2. The van der Waals surface area contributed by atoms with Gasteiger partial charge in [0.1, 0.15) is 18.1 Å². The lowest BCUT2D eigenvalue weighted by molar-refractivity contribution is -0.779. The molecule has 2 aliphatic rings. The van der Waals surface area contributed by atoms with Gasteiger partial charge in [-0.2, -0.15) is 4.48 Å². The zero-order chi connectivity index (χ0) is 16.5. The fourth-order valence-electron chi connectivity index (χ4n) is 3.66. The van der Waals surface area contributed by atoms with Crippen LogP contribution in [-0.2, 0) is 0 Å². The van der Waals surface area contributed by atoms with Gasteiger partial charge in [-0.05, 0) is 0 Å². The summed E-state index contributed by atoms with van der Waals surface area (Å²) in [5.74, 6) is 0.258. The molecule has 4 heterocycles. The summed E-state index contributed by atoms with van der Waals surface area (Å²) < 4.78 is 1.97. The quantitative estimate of drug-likeness (QED) is 0.192. The molecule has 2 fully saturated rings. The van der Waals surface area contributed by atoms with Gasteiger partial charge >= 0.3 is 6.03 Å². The number of nitrogens with one attached hydrogen (secondary N) is 1. The van der Waals surface area contributed by atoms with Crippen LogP contribution >= 0.6 is 22.6 Å². The molecule has 0 aliphatic carbocycles. The number of nitrogens with two attached hydrogens (primary N) is 1. The molecule has 2 saturated heterocycles. The monoisotopic (exact) mass is 432 g/mol. The molecule has 2 aromatic rings. The first-order valence-electron chi connectivity index (χ1n) is 7.03. The van der Waals surface area contributed by atoms with Crippen molar-refractivity contribution in [3.05, 3.63) is 10.2 Å². The number of aromatic nitrogens is 4. The zero-order valence-corrected chi connectivity index (χ0v) is 14.2. The highest BCUT2D eigenvalue weighted by Crippen LogP contribution is 2.51. The lowest BCUT2D eigenvalue weighted by Gasteiger charge is -2.20. The maximum atomic E-state index is 12.1. The molecule has 23 heavy (non-hydrogen) atoms. The van der Waals surface area contributed by atoms with Gasteiger partial charge in [0.2, 0.25) is 6.23 Å². The predicted molar refractivity (Wildman–Crippen MR) is 86.9 cm³/mol. The Hall–Kier alpha value is -1.57. The van der Waals surface area contributed by atoms with E-state index in [1.807, 2.05) is 22.6 Å². The Labute approximate surface area is 144 Å². The number of quaternary nitrogens is 1. The third-order valence-electron chi connectivity index (χ3n) is 4.80. The standard InChI is InChI=1S/C12H14IN7O3/c1-15-12(23)20-2-4(20)6(7(21)10(20)22)19-3-16-5-8(14)17-11(13)18-9(5)19/h3-4,6-7,10,21-22H,2H2,1H3,(H2-,14,15,17,18,23)/p+1/t4-,6-,7?,10?,20+/m1/s1. The number of imidazole rings is 1. The molecule has 0 saturated carbocycles. The van der Waals surface area contributed by atoms with Gasteiger partial charge in [-0.15, -0.1) is 0 Å². The first-order valence-corrected chi connectivity index (χ1v) is 8.11. The summed E-state index contributed by atoms with van der Waals surface area (Å²) in [5, 5.41) is 23.4. The lowest BCUT2D eigenvalue weighted by atomic mass is 10.1. The Morgan fingerprint density at radius 1 is 1.52 bits per heavy atom. The molecule has 122 valence electrons. The van der Waals surface area contributed by atoms with Gasteiger partial charge in [0, 0.05) is 29.6 Å². The van der Waals surface area contributed by atoms with Gasteiger partial charge in [-0.3, -0.25) is 0 Å². The SMILES string of the molecule is CNC(=O)[N@@+]12C[C@@H]1[C@@H](n1cnc3c(N)nc(I)nc31)C(O)C2O. The number of hydrogen-bond donors (Lipinski definition) is 4. The van der Waals surface area contributed by atoms with E-state index in [9.17, 15) is 15.0 Å². The number of anilines is 1. The summed E-state index contributed by atoms with van der Waals surface area (Å²) in [6.07, 6.45) is -0.757. The number of aliphatic hydroxyl groups excluding tert-OH is 2. The molecule has 2 unspecified atom stereocenters. The van der Waals surface area contributed by atoms with Crippen LogP contribution in [0.5, 0.6) is 0 Å². The maximum Gasteiger partial charge on any atom is 0.419 e. The molecule has 4 rings (SSSR count). The van der Waals surface area contributed by atoms with Crippen molar-refractivity contribution in [1.82, 2.24) is 24.8 Å². The van der Waals surface area contributed by atoms with E-state index in [0.717, 1.165) is 0 Å². The first kappa shape index (κ1) is 15.0. The Bertz CT molecular complexity index is 826. The largest absolute Gasteiger partial charge is 0.419 e. The number of carbonyl (C=O) groups excluding carboxylic acids is 1. The molecule has 2 aromatic heterocycles. The minimum Gasteiger partial charge on any atom is -0.382 e. The summed E-state index contributed by atoms with van der Waals surface area (Å²) >= 11 is 1.95. The average molecular weight is 432 g/mol. The first-order chi connectivity index (χ1) is 10.9. The van der Waals surface area contributed by atoms with Crippen molar-refractivity contribution in [3.8, 4) is 0 Å². The highest BCUT2D eigenvalue weighted by molar-refractivity contribution is 14.1. The van der Waals surface area contributed by atoms with E-state index in [4.69, 9.17) is 5.73 Å². The van der Waals surface area contributed by atoms with Crippen molar-refractivity contribution in [2.75, 3.05) is 19.3 Å². The van der Waals surface area contributed by atoms with E-state index >= 15 is 0 Å². The van der Waals surface area contributed by atoms with Crippen LogP contribution < -0.4 is 11.1 Å². The number of halogens is 1. The van der Waals surface area contributed by atoms with E-state index in [2.05, 4.69) is 20.3 Å². The van der Waals surface area contributed by atoms with Crippen molar-refractivity contribution in [2.24, 2.45) is 0 Å². The molecule has 0 bridgehead atoms. The molecular weight excluding hydrogens is 417 g/mol. The smallest absolute Gasteiger partial charge is 0.382 e. The van der Waals surface area contributed by atoms with Crippen LogP contribution in [0.25, 0.3) is 11.2 Å². The number of piperidine rings is 1. The number of hydrogen-bond acceptors (Lipinski definition) is 7. The molecule has 0 radical (unpaired) electrons. The van der Waals surface area contributed by atoms with Crippen molar-refractivity contribution >= 4 is 45.6 Å². The number of aliphatic hydroxyl groups is 2.